The van der Waals surface area contributed by atoms with Gasteiger partial charge >= 0.3 is 0 Å². The standard InChI is InChI=1S/C20H25N3O/c1-15-9-11-23(12-10-15)19-7-5-18(6-8-19)22-20(24)14-16-3-2-4-17(21)13-16/h2-8,13,15H,9-12,14,21H2,1H3,(H,22,24). The molecule has 1 amide bonds. The first-order chi connectivity index (χ1) is 11.6. The van der Waals surface area contributed by atoms with Gasteiger partial charge in [-0.25, -0.2) is 0 Å². The lowest BCUT2D eigenvalue weighted by molar-refractivity contribution is -0.115. The van der Waals surface area contributed by atoms with E-state index in [2.05, 4.69) is 29.3 Å². The maximum Gasteiger partial charge on any atom is 0.228 e. The van der Waals surface area contributed by atoms with Crippen LogP contribution in [0.3, 0.4) is 0 Å². The van der Waals surface area contributed by atoms with Gasteiger partial charge in [0.2, 0.25) is 5.91 Å². The monoisotopic (exact) mass is 323 g/mol. The van der Waals surface area contributed by atoms with Crippen LogP contribution in [0.5, 0.6) is 0 Å². The van der Waals surface area contributed by atoms with Gasteiger partial charge in [-0.1, -0.05) is 19.1 Å². The molecule has 0 radical (unpaired) electrons. The Labute approximate surface area is 143 Å². The average Bonchev–Trinajstić information content (AvgIpc) is 2.56. The SMILES string of the molecule is CC1CCN(c2ccc(NC(=O)Cc3cccc(N)c3)cc2)CC1. The van der Waals surface area contributed by atoms with Crippen molar-refractivity contribution >= 4 is 23.0 Å². The van der Waals surface area contributed by atoms with Crippen LogP contribution in [0.15, 0.2) is 48.5 Å². The van der Waals surface area contributed by atoms with E-state index in [1.54, 1.807) is 0 Å². The van der Waals surface area contributed by atoms with Crippen LogP contribution >= 0.6 is 0 Å². The second-order valence-electron chi connectivity index (χ2n) is 6.69. The van der Waals surface area contributed by atoms with E-state index >= 15 is 0 Å². The molecule has 3 N–H and O–H groups in total. The zero-order valence-electron chi connectivity index (χ0n) is 14.2. The van der Waals surface area contributed by atoms with E-state index in [0.717, 1.165) is 30.3 Å². The van der Waals surface area contributed by atoms with E-state index in [0.29, 0.717) is 12.1 Å². The summed E-state index contributed by atoms with van der Waals surface area (Å²) in [6.45, 7) is 4.54. The summed E-state index contributed by atoms with van der Waals surface area (Å²) in [7, 11) is 0. The Morgan fingerprint density at radius 1 is 1.17 bits per heavy atom. The summed E-state index contributed by atoms with van der Waals surface area (Å²) in [6, 6.07) is 15.6. The van der Waals surface area contributed by atoms with E-state index in [1.165, 1.54) is 18.5 Å². The molecule has 1 aliphatic heterocycles. The number of nitrogens with zero attached hydrogens (tertiary/aromatic N) is 1. The summed E-state index contributed by atoms with van der Waals surface area (Å²) in [5.74, 6) is 0.798. The van der Waals surface area contributed by atoms with E-state index in [9.17, 15) is 4.79 Å². The van der Waals surface area contributed by atoms with Crippen molar-refractivity contribution in [3.05, 3.63) is 54.1 Å². The molecule has 1 aliphatic rings. The molecule has 4 nitrogen and oxygen atoms in total. The lowest BCUT2D eigenvalue weighted by atomic mass is 9.99. The molecular formula is C20H25N3O. The summed E-state index contributed by atoms with van der Waals surface area (Å²) in [4.78, 5) is 14.6. The number of hydrogen-bond acceptors (Lipinski definition) is 3. The van der Waals surface area contributed by atoms with Gasteiger partial charge < -0.3 is 16.0 Å². The molecular weight excluding hydrogens is 298 g/mol. The van der Waals surface area contributed by atoms with Crippen LogP contribution in [0.2, 0.25) is 0 Å². The maximum atomic E-state index is 12.2. The van der Waals surface area contributed by atoms with Crippen molar-refractivity contribution < 1.29 is 4.79 Å². The van der Waals surface area contributed by atoms with Gasteiger partial charge in [0.15, 0.2) is 0 Å². The number of hydrogen-bond donors (Lipinski definition) is 2. The highest BCUT2D eigenvalue weighted by molar-refractivity contribution is 5.92. The minimum atomic E-state index is -0.0276. The zero-order chi connectivity index (χ0) is 16.9. The molecule has 2 aromatic carbocycles. The minimum absolute atomic E-state index is 0.0276. The first-order valence-corrected chi connectivity index (χ1v) is 8.59. The van der Waals surface area contributed by atoms with Crippen molar-refractivity contribution in [3.8, 4) is 0 Å². The molecule has 1 fully saturated rings. The fourth-order valence-corrected chi connectivity index (χ4v) is 3.12. The second-order valence-corrected chi connectivity index (χ2v) is 6.69. The van der Waals surface area contributed by atoms with Crippen LogP contribution in [0.1, 0.15) is 25.3 Å². The Balaban J connectivity index is 1.56. The third kappa shape index (κ3) is 4.28. The van der Waals surface area contributed by atoms with Crippen LogP contribution in [-0.2, 0) is 11.2 Å². The average molecular weight is 323 g/mol. The molecule has 0 unspecified atom stereocenters. The van der Waals surface area contributed by atoms with Crippen LogP contribution in [-0.4, -0.2) is 19.0 Å². The third-order valence-corrected chi connectivity index (χ3v) is 4.62. The lowest BCUT2D eigenvalue weighted by Crippen LogP contribution is -2.32. The molecule has 0 aliphatic carbocycles. The summed E-state index contributed by atoms with van der Waals surface area (Å²) in [6.07, 6.45) is 2.83. The highest BCUT2D eigenvalue weighted by atomic mass is 16.1. The van der Waals surface area contributed by atoms with Crippen LogP contribution < -0.4 is 16.0 Å². The van der Waals surface area contributed by atoms with Crippen molar-refractivity contribution in [2.24, 2.45) is 5.92 Å². The molecule has 1 saturated heterocycles. The number of carbonyl (C=O) groups is 1. The first-order valence-electron chi connectivity index (χ1n) is 8.59. The number of rotatable bonds is 4. The molecule has 126 valence electrons. The number of piperidine rings is 1. The van der Waals surface area contributed by atoms with Crippen molar-refractivity contribution in [1.29, 1.82) is 0 Å². The molecule has 0 bridgehead atoms. The summed E-state index contributed by atoms with van der Waals surface area (Å²) < 4.78 is 0. The van der Waals surface area contributed by atoms with Gasteiger partial charge in [-0.3, -0.25) is 4.79 Å². The quantitative estimate of drug-likeness (QED) is 0.844. The fraction of sp³-hybridized carbons (Fsp3) is 0.350. The van der Waals surface area contributed by atoms with Crippen molar-refractivity contribution in [2.75, 3.05) is 29.0 Å². The topological polar surface area (TPSA) is 58.4 Å². The number of nitrogen functional groups attached to an aromatic ring is 1. The molecule has 2 aromatic rings. The van der Waals surface area contributed by atoms with Crippen LogP contribution in [0, 0.1) is 5.92 Å². The van der Waals surface area contributed by atoms with Gasteiger partial charge in [-0.2, -0.15) is 0 Å². The normalized spacial score (nSPS) is 15.3. The Kier molecular flexibility index (Phi) is 5.04. The largest absolute Gasteiger partial charge is 0.399 e. The third-order valence-electron chi connectivity index (χ3n) is 4.62. The number of anilines is 3. The lowest BCUT2D eigenvalue weighted by Gasteiger charge is -2.32. The van der Waals surface area contributed by atoms with E-state index in [1.807, 2.05) is 36.4 Å². The molecule has 24 heavy (non-hydrogen) atoms. The predicted molar refractivity (Wildman–Crippen MR) is 100 cm³/mol. The number of nitrogens with one attached hydrogen (secondary N) is 1. The van der Waals surface area contributed by atoms with Gasteiger partial charge in [-0.15, -0.1) is 0 Å². The smallest absolute Gasteiger partial charge is 0.228 e. The highest BCUT2D eigenvalue weighted by Gasteiger charge is 2.15. The molecule has 3 rings (SSSR count). The zero-order valence-corrected chi connectivity index (χ0v) is 14.2. The van der Waals surface area contributed by atoms with Gasteiger partial charge in [0, 0.05) is 30.2 Å². The summed E-state index contributed by atoms with van der Waals surface area (Å²) in [5, 5.41) is 2.95. The Bertz CT molecular complexity index is 688. The van der Waals surface area contributed by atoms with Gasteiger partial charge in [0.25, 0.3) is 0 Å². The Morgan fingerprint density at radius 2 is 1.88 bits per heavy atom. The van der Waals surface area contributed by atoms with E-state index in [4.69, 9.17) is 5.73 Å². The minimum Gasteiger partial charge on any atom is -0.399 e. The van der Waals surface area contributed by atoms with Gasteiger partial charge in [-0.05, 0) is 60.7 Å². The molecule has 0 spiro atoms. The van der Waals surface area contributed by atoms with Crippen molar-refractivity contribution in [1.82, 2.24) is 0 Å². The summed E-state index contributed by atoms with van der Waals surface area (Å²) >= 11 is 0. The molecule has 4 heteroatoms. The number of amides is 1. The molecule has 0 saturated carbocycles. The molecule has 0 aromatic heterocycles. The Morgan fingerprint density at radius 3 is 2.54 bits per heavy atom. The van der Waals surface area contributed by atoms with Crippen LogP contribution in [0.25, 0.3) is 0 Å². The number of nitrogens with two attached hydrogens (primary N) is 1. The number of benzene rings is 2. The predicted octanol–water partition coefficient (Wildman–Crippen LogP) is 3.69. The summed E-state index contributed by atoms with van der Waals surface area (Å²) in [5.41, 5.74) is 9.41. The molecule has 0 atom stereocenters. The van der Waals surface area contributed by atoms with Crippen molar-refractivity contribution in [2.45, 2.75) is 26.2 Å². The van der Waals surface area contributed by atoms with E-state index in [-0.39, 0.29) is 5.91 Å². The highest BCUT2D eigenvalue weighted by Crippen LogP contribution is 2.24. The second kappa shape index (κ2) is 7.39. The number of carbonyl (C=O) groups excluding carboxylic acids is 1. The Hall–Kier alpha value is -2.49. The van der Waals surface area contributed by atoms with Crippen LogP contribution in [0.4, 0.5) is 17.1 Å². The van der Waals surface area contributed by atoms with E-state index < -0.39 is 0 Å². The first kappa shape index (κ1) is 16.4. The maximum absolute atomic E-state index is 12.2. The van der Waals surface area contributed by atoms with Crippen molar-refractivity contribution in [3.63, 3.8) is 0 Å². The fourth-order valence-electron chi connectivity index (χ4n) is 3.12. The van der Waals surface area contributed by atoms with Gasteiger partial charge in [0.1, 0.15) is 0 Å². The van der Waals surface area contributed by atoms with Gasteiger partial charge in [0.05, 0.1) is 6.42 Å². The molecule has 1 heterocycles.